The van der Waals surface area contributed by atoms with E-state index in [0.29, 0.717) is 25.1 Å². The van der Waals surface area contributed by atoms with E-state index in [1.807, 2.05) is 19.9 Å². The van der Waals surface area contributed by atoms with E-state index in [-0.39, 0.29) is 11.7 Å². The lowest BCUT2D eigenvalue weighted by Crippen LogP contribution is -2.27. The normalized spacial score (nSPS) is 14.5. The van der Waals surface area contributed by atoms with Crippen molar-refractivity contribution in [1.82, 2.24) is 0 Å². The molecule has 1 aromatic carbocycles. The first kappa shape index (κ1) is 14.8. The molecule has 1 aromatic rings. The molecular formula is C14H20N2O3S. The Hall–Kier alpha value is -1.56. The van der Waals surface area contributed by atoms with E-state index < -0.39 is 10.0 Å². The van der Waals surface area contributed by atoms with Crippen LogP contribution in [0.4, 0.5) is 11.4 Å². The van der Waals surface area contributed by atoms with Crippen molar-refractivity contribution in [2.75, 3.05) is 21.9 Å². The summed E-state index contributed by atoms with van der Waals surface area (Å²) in [7, 11) is -3.29. The van der Waals surface area contributed by atoms with Crippen molar-refractivity contribution in [1.29, 1.82) is 0 Å². The second kappa shape index (κ2) is 5.83. The van der Waals surface area contributed by atoms with Crippen molar-refractivity contribution >= 4 is 27.3 Å². The Morgan fingerprint density at radius 1 is 1.25 bits per heavy atom. The highest BCUT2D eigenvalue weighted by Crippen LogP contribution is 2.31. The first-order chi connectivity index (χ1) is 9.46. The quantitative estimate of drug-likeness (QED) is 0.874. The van der Waals surface area contributed by atoms with Crippen molar-refractivity contribution in [3.05, 3.63) is 23.8 Å². The number of rotatable bonds is 6. The van der Waals surface area contributed by atoms with Gasteiger partial charge in [-0.25, -0.2) is 8.42 Å². The summed E-state index contributed by atoms with van der Waals surface area (Å²) in [5.41, 5.74) is 2.32. The Balaban J connectivity index is 2.22. The molecule has 1 N–H and O–H groups in total. The first-order valence-electron chi connectivity index (χ1n) is 6.90. The molecule has 1 aliphatic rings. The van der Waals surface area contributed by atoms with Gasteiger partial charge in [-0.15, -0.1) is 0 Å². The van der Waals surface area contributed by atoms with Gasteiger partial charge in [0.05, 0.1) is 12.2 Å². The van der Waals surface area contributed by atoms with Crippen LogP contribution in [0.1, 0.15) is 32.3 Å². The number of nitrogens with zero attached hydrogens (tertiary/aromatic N) is 1. The van der Waals surface area contributed by atoms with Crippen LogP contribution >= 0.6 is 0 Å². The lowest BCUT2D eigenvalue weighted by molar-refractivity contribution is -0.117. The zero-order valence-electron chi connectivity index (χ0n) is 11.8. The minimum Gasteiger partial charge on any atom is -0.312 e. The summed E-state index contributed by atoms with van der Waals surface area (Å²) in [6.45, 7) is 4.55. The van der Waals surface area contributed by atoms with Crippen molar-refractivity contribution < 1.29 is 13.2 Å². The molecule has 20 heavy (non-hydrogen) atoms. The molecule has 2 rings (SSSR count). The highest BCUT2D eigenvalue weighted by Gasteiger charge is 2.26. The molecule has 0 spiro atoms. The van der Waals surface area contributed by atoms with Gasteiger partial charge in [0.2, 0.25) is 15.9 Å². The molecule has 1 aliphatic heterocycles. The molecule has 0 atom stereocenters. The summed E-state index contributed by atoms with van der Waals surface area (Å²) < 4.78 is 26.0. The topological polar surface area (TPSA) is 66.5 Å². The van der Waals surface area contributed by atoms with Gasteiger partial charge in [0.25, 0.3) is 0 Å². The van der Waals surface area contributed by atoms with E-state index in [1.54, 1.807) is 17.0 Å². The second-order valence-corrected chi connectivity index (χ2v) is 6.83. The number of anilines is 2. The minimum atomic E-state index is -3.29. The number of carbonyl (C=O) groups excluding carboxylic acids is 1. The Bertz CT molecular complexity index is 611. The number of nitrogens with one attached hydrogen (secondary N) is 1. The van der Waals surface area contributed by atoms with Gasteiger partial charge >= 0.3 is 0 Å². The van der Waals surface area contributed by atoms with Gasteiger partial charge in [0, 0.05) is 17.9 Å². The van der Waals surface area contributed by atoms with E-state index in [0.717, 1.165) is 17.7 Å². The molecule has 0 unspecified atom stereocenters. The van der Waals surface area contributed by atoms with Crippen LogP contribution in [0.15, 0.2) is 18.2 Å². The van der Waals surface area contributed by atoms with Crippen LogP contribution in [-0.4, -0.2) is 26.6 Å². The number of fused-ring (bicyclic) bond motifs is 1. The number of sulfonamides is 1. The monoisotopic (exact) mass is 296 g/mol. The lowest BCUT2D eigenvalue weighted by Gasteiger charge is -2.16. The molecule has 5 nitrogen and oxygen atoms in total. The van der Waals surface area contributed by atoms with Crippen LogP contribution in [0, 0.1) is 0 Å². The Morgan fingerprint density at radius 2 is 2.00 bits per heavy atom. The van der Waals surface area contributed by atoms with E-state index >= 15 is 0 Å². The third-order valence-electron chi connectivity index (χ3n) is 3.21. The molecule has 0 fully saturated rings. The average Bonchev–Trinajstić information content (AvgIpc) is 2.65. The third kappa shape index (κ3) is 3.12. The Labute approximate surface area is 120 Å². The smallest absolute Gasteiger partial charge is 0.232 e. The van der Waals surface area contributed by atoms with Crippen molar-refractivity contribution in [3.63, 3.8) is 0 Å². The molecule has 1 amide bonds. The van der Waals surface area contributed by atoms with E-state index in [4.69, 9.17) is 0 Å². The van der Waals surface area contributed by atoms with Crippen LogP contribution in [0.2, 0.25) is 0 Å². The van der Waals surface area contributed by atoms with Gasteiger partial charge in [-0.05, 0) is 36.6 Å². The summed E-state index contributed by atoms with van der Waals surface area (Å²) in [5, 5.41) is 0. The zero-order valence-corrected chi connectivity index (χ0v) is 12.7. The van der Waals surface area contributed by atoms with E-state index in [9.17, 15) is 13.2 Å². The molecule has 110 valence electrons. The van der Waals surface area contributed by atoms with Crippen LogP contribution < -0.4 is 9.62 Å². The summed E-state index contributed by atoms with van der Waals surface area (Å²) in [6.07, 6.45) is 1.82. The molecule has 0 radical (unpaired) electrons. The summed E-state index contributed by atoms with van der Waals surface area (Å²) in [4.78, 5) is 13.7. The van der Waals surface area contributed by atoms with Crippen molar-refractivity contribution in [2.24, 2.45) is 0 Å². The van der Waals surface area contributed by atoms with Gasteiger partial charge < -0.3 is 4.90 Å². The third-order valence-corrected chi connectivity index (χ3v) is 4.70. The molecule has 0 saturated heterocycles. The maximum atomic E-state index is 11.9. The summed E-state index contributed by atoms with van der Waals surface area (Å²) in [6, 6.07) is 5.29. The largest absolute Gasteiger partial charge is 0.312 e. The van der Waals surface area contributed by atoms with Crippen molar-refractivity contribution in [3.8, 4) is 0 Å². The predicted molar refractivity (Wildman–Crippen MR) is 80.5 cm³/mol. The van der Waals surface area contributed by atoms with Gasteiger partial charge in [0.1, 0.15) is 0 Å². The summed E-state index contributed by atoms with van der Waals surface area (Å²) >= 11 is 0. The van der Waals surface area contributed by atoms with Gasteiger partial charge in [0.15, 0.2) is 0 Å². The molecule has 0 saturated carbocycles. The lowest BCUT2D eigenvalue weighted by atomic mass is 10.1. The number of hydrogen-bond acceptors (Lipinski definition) is 3. The Kier molecular flexibility index (Phi) is 4.32. The minimum absolute atomic E-state index is 0.0791. The van der Waals surface area contributed by atoms with Gasteiger partial charge in [-0.1, -0.05) is 13.8 Å². The highest BCUT2D eigenvalue weighted by molar-refractivity contribution is 7.92. The maximum Gasteiger partial charge on any atom is 0.232 e. The van der Waals surface area contributed by atoms with Crippen LogP contribution in [0.5, 0.6) is 0 Å². The van der Waals surface area contributed by atoms with Gasteiger partial charge in [-0.3, -0.25) is 9.52 Å². The second-order valence-electron chi connectivity index (χ2n) is 4.99. The number of hydrogen-bond donors (Lipinski definition) is 1. The number of amides is 1. The van der Waals surface area contributed by atoms with E-state index in [2.05, 4.69) is 4.72 Å². The molecule has 0 bridgehead atoms. The fourth-order valence-corrected chi connectivity index (χ4v) is 3.54. The first-order valence-corrected chi connectivity index (χ1v) is 8.56. The molecule has 1 heterocycles. The fraction of sp³-hybridized carbons (Fsp3) is 0.500. The van der Waals surface area contributed by atoms with Crippen LogP contribution in [-0.2, 0) is 21.2 Å². The standard InChI is InChI=1S/C14H20N2O3S/c1-3-7-16-13-6-5-12(9-11(13)10-14(16)17)15-20(18,19)8-4-2/h5-6,9,15H,3-4,7-8,10H2,1-2H3. The average molecular weight is 296 g/mol. The molecule has 0 aliphatic carbocycles. The Morgan fingerprint density at radius 3 is 2.65 bits per heavy atom. The van der Waals surface area contributed by atoms with Crippen LogP contribution in [0.25, 0.3) is 0 Å². The van der Waals surface area contributed by atoms with Crippen LogP contribution in [0.3, 0.4) is 0 Å². The van der Waals surface area contributed by atoms with E-state index in [1.165, 1.54) is 0 Å². The zero-order chi connectivity index (χ0) is 14.8. The fourth-order valence-electron chi connectivity index (χ4n) is 2.41. The SMILES string of the molecule is CCCN1C(=O)Cc2cc(NS(=O)(=O)CCC)ccc21. The molecular weight excluding hydrogens is 276 g/mol. The number of benzene rings is 1. The van der Waals surface area contributed by atoms with Crippen molar-refractivity contribution in [2.45, 2.75) is 33.1 Å². The molecule has 6 heteroatoms. The van der Waals surface area contributed by atoms with Gasteiger partial charge in [-0.2, -0.15) is 0 Å². The predicted octanol–water partition coefficient (Wildman–Crippen LogP) is 2.14. The number of carbonyl (C=O) groups is 1. The highest BCUT2D eigenvalue weighted by atomic mass is 32.2. The maximum absolute atomic E-state index is 11.9. The summed E-state index contributed by atoms with van der Waals surface area (Å²) in [5.74, 6) is 0.181. The molecule has 0 aromatic heterocycles.